The van der Waals surface area contributed by atoms with Crippen molar-refractivity contribution < 1.29 is 19.1 Å². The Balaban J connectivity index is 1.43. The summed E-state index contributed by atoms with van der Waals surface area (Å²) in [6.07, 6.45) is 5.14. The first-order chi connectivity index (χ1) is 15.2. The molecule has 2 aromatic rings. The van der Waals surface area contributed by atoms with E-state index < -0.39 is 17.2 Å². The zero-order valence-electron chi connectivity index (χ0n) is 19.0. The lowest BCUT2D eigenvalue weighted by atomic mass is 9.52. The van der Waals surface area contributed by atoms with E-state index in [2.05, 4.69) is 5.32 Å². The van der Waals surface area contributed by atoms with Gasteiger partial charge in [-0.3, -0.25) is 9.59 Å². The number of rotatable bonds is 5. The topological polar surface area (TPSA) is 71.3 Å². The number of carbonyl (C=O) groups excluding carboxylic acids is 2. The van der Waals surface area contributed by atoms with Crippen molar-refractivity contribution in [2.75, 3.05) is 0 Å². The Morgan fingerprint density at radius 1 is 1.19 bits per heavy atom. The van der Waals surface area contributed by atoms with Crippen molar-refractivity contribution in [3.63, 3.8) is 0 Å². The van der Waals surface area contributed by atoms with Crippen molar-refractivity contribution in [3.05, 3.63) is 58.2 Å². The molecule has 0 spiro atoms. The Morgan fingerprint density at radius 2 is 1.88 bits per heavy atom. The summed E-state index contributed by atoms with van der Waals surface area (Å²) in [5, 5.41) is 14.1. The first-order valence-electron chi connectivity index (χ1n) is 11.7. The van der Waals surface area contributed by atoms with Crippen LogP contribution < -0.4 is 5.32 Å². The largest absolute Gasteiger partial charge is 0.390 e. The molecule has 32 heavy (non-hydrogen) atoms. The van der Waals surface area contributed by atoms with Gasteiger partial charge in [-0.2, -0.15) is 0 Å². The van der Waals surface area contributed by atoms with Gasteiger partial charge in [-0.1, -0.05) is 18.6 Å². The minimum atomic E-state index is -0.558. The van der Waals surface area contributed by atoms with Crippen LogP contribution in [0.1, 0.15) is 76.7 Å². The van der Waals surface area contributed by atoms with Crippen LogP contribution in [0.15, 0.2) is 24.3 Å². The maximum absolute atomic E-state index is 14.4. The smallest absolute Gasteiger partial charge is 0.268 e. The summed E-state index contributed by atoms with van der Waals surface area (Å²) < 4.78 is 16.0. The third-order valence-corrected chi connectivity index (χ3v) is 8.05. The SMILES string of the molecule is CCc1cc(C(=O)c2cc(C)ccc2F)n(C)c1C(=O)NC1C2CC3CC1CC(O)(C3)C2. The van der Waals surface area contributed by atoms with E-state index in [0.717, 1.165) is 43.2 Å². The highest BCUT2D eigenvalue weighted by Crippen LogP contribution is 2.55. The summed E-state index contributed by atoms with van der Waals surface area (Å²) in [5.74, 6) is 0.0284. The number of aromatic nitrogens is 1. The summed E-state index contributed by atoms with van der Waals surface area (Å²) in [4.78, 5) is 26.6. The maximum Gasteiger partial charge on any atom is 0.268 e. The molecule has 5 nitrogen and oxygen atoms in total. The third-order valence-electron chi connectivity index (χ3n) is 8.05. The Hall–Kier alpha value is -2.47. The number of ketones is 1. The fourth-order valence-electron chi connectivity index (χ4n) is 6.84. The average Bonchev–Trinajstić information content (AvgIpc) is 3.07. The molecule has 4 aliphatic carbocycles. The average molecular weight is 439 g/mol. The number of benzene rings is 1. The molecule has 6 rings (SSSR count). The molecule has 4 saturated carbocycles. The molecule has 2 N–H and O–H groups in total. The zero-order chi connectivity index (χ0) is 22.8. The number of aliphatic hydroxyl groups is 1. The molecule has 4 aliphatic rings. The lowest BCUT2D eigenvalue weighted by Gasteiger charge is -2.58. The Labute approximate surface area is 188 Å². The molecule has 0 saturated heterocycles. The number of hydrogen-bond acceptors (Lipinski definition) is 3. The fraction of sp³-hybridized carbons (Fsp3) is 0.538. The molecule has 1 aromatic heterocycles. The van der Waals surface area contributed by atoms with Gasteiger partial charge in [-0.25, -0.2) is 4.39 Å². The summed E-state index contributed by atoms with van der Waals surface area (Å²) in [7, 11) is 1.70. The first kappa shape index (κ1) is 21.4. The van der Waals surface area contributed by atoms with Gasteiger partial charge in [0.05, 0.1) is 16.9 Å². The normalized spacial score (nSPS) is 30.5. The van der Waals surface area contributed by atoms with Crippen molar-refractivity contribution in [1.29, 1.82) is 0 Å². The van der Waals surface area contributed by atoms with Gasteiger partial charge < -0.3 is 15.0 Å². The van der Waals surface area contributed by atoms with Gasteiger partial charge in [0.1, 0.15) is 11.5 Å². The van der Waals surface area contributed by atoms with E-state index >= 15 is 0 Å². The third kappa shape index (κ3) is 3.40. The van der Waals surface area contributed by atoms with E-state index in [4.69, 9.17) is 0 Å². The van der Waals surface area contributed by atoms with Gasteiger partial charge in [-0.05, 0) is 87.0 Å². The summed E-state index contributed by atoms with van der Waals surface area (Å²) >= 11 is 0. The second kappa shape index (κ2) is 7.55. The highest BCUT2D eigenvalue weighted by atomic mass is 19.1. The number of carbonyl (C=O) groups is 2. The van der Waals surface area contributed by atoms with Crippen LogP contribution in [0.2, 0.25) is 0 Å². The molecule has 1 amide bonds. The van der Waals surface area contributed by atoms with E-state index in [1.54, 1.807) is 29.8 Å². The van der Waals surface area contributed by atoms with Gasteiger partial charge in [-0.15, -0.1) is 0 Å². The highest BCUT2D eigenvalue weighted by molar-refractivity contribution is 6.09. The standard InChI is InChI=1S/C26H31FN2O3/c1-4-16-10-21(24(30)19-7-14(2)5-6-20(19)27)29(3)23(16)25(31)28-22-17-8-15-9-18(22)13-26(32,11-15)12-17/h5-7,10,15,17-18,22,32H,4,8-9,11-13H2,1-3H3,(H,28,31). The van der Waals surface area contributed by atoms with Gasteiger partial charge in [0, 0.05) is 13.1 Å². The molecule has 170 valence electrons. The second-order valence-corrected chi connectivity index (χ2v) is 10.3. The molecular formula is C26H31FN2O3. The number of aryl methyl sites for hydroxylation is 2. The molecule has 2 unspecified atom stereocenters. The molecule has 1 aromatic carbocycles. The Morgan fingerprint density at radius 3 is 2.50 bits per heavy atom. The van der Waals surface area contributed by atoms with Gasteiger partial charge in [0.2, 0.25) is 5.78 Å². The van der Waals surface area contributed by atoms with Crippen LogP contribution in [0.4, 0.5) is 4.39 Å². The van der Waals surface area contributed by atoms with Crippen molar-refractivity contribution in [1.82, 2.24) is 9.88 Å². The van der Waals surface area contributed by atoms with Crippen LogP contribution in [0.3, 0.4) is 0 Å². The highest BCUT2D eigenvalue weighted by Gasteiger charge is 2.55. The number of halogens is 1. The molecule has 0 aliphatic heterocycles. The molecule has 0 radical (unpaired) electrons. The second-order valence-electron chi connectivity index (χ2n) is 10.3. The number of hydrogen-bond donors (Lipinski definition) is 2. The first-order valence-corrected chi connectivity index (χ1v) is 11.7. The van der Waals surface area contributed by atoms with E-state index in [-0.39, 0.29) is 17.5 Å². The number of nitrogens with one attached hydrogen (secondary N) is 1. The van der Waals surface area contributed by atoms with Crippen LogP contribution in [-0.2, 0) is 13.5 Å². The van der Waals surface area contributed by atoms with Crippen LogP contribution >= 0.6 is 0 Å². The van der Waals surface area contributed by atoms with Crippen molar-refractivity contribution in [3.8, 4) is 0 Å². The van der Waals surface area contributed by atoms with E-state index in [1.165, 1.54) is 6.07 Å². The van der Waals surface area contributed by atoms with E-state index in [1.807, 2.05) is 13.8 Å². The lowest BCUT2D eigenvalue weighted by Crippen LogP contribution is -2.61. The van der Waals surface area contributed by atoms with Gasteiger partial charge in [0.15, 0.2) is 0 Å². The summed E-state index contributed by atoms with van der Waals surface area (Å²) in [5.41, 5.74) is 1.85. The molecule has 1 heterocycles. The van der Waals surface area contributed by atoms with E-state index in [9.17, 15) is 19.1 Å². The molecule has 2 atom stereocenters. The minimum absolute atomic E-state index is 0.0227. The minimum Gasteiger partial charge on any atom is -0.390 e. The van der Waals surface area contributed by atoms with Crippen molar-refractivity contribution in [2.45, 2.75) is 64.0 Å². The molecule has 6 heteroatoms. The maximum atomic E-state index is 14.4. The van der Waals surface area contributed by atoms with Crippen LogP contribution in [0.25, 0.3) is 0 Å². The zero-order valence-corrected chi connectivity index (χ0v) is 19.0. The number of amides is 1. The quantitative estimate of drug-likeness (QED) is 0.695. The van der Waals surface area contributed by atoms with E-state index in [0.29, 0.717) is 35.6 Å². The summed E-state index contributed by atoms with van der Waals surface area (Å²) in [6, 6.07) is 6.27. The molecular weight excluding hydrogens is 407 g/mol. The van der Waals surface area contributed by atoms with Gasteiger partial charge in [0.25, 0.3) is 5.91 Å². The van der Waals surface area contributed by atoms with Gasteiger partial charge >= 0.3 is 0 Å². The monoisotopic (exact) mass is 438 g/mol. The predicted molar refractivity (Wildman–Crippen MR) is 119 cm³/mol. The van der Waals surface area contributed by atoms with Crippen LogP contribution in [0.5, 0.6) is 0 Å². The Bertz CT molecular complexity index is 1090. The summed E-state index contributed by atoms with van der Waals surface area (Å²) in [6.45, 7) is 3.77. The molecule has 4 fully saturated rings. The number of nitrogens with zero attached hydrogens (tertiary/aromatic N) is 1. The van der Waals surface area contributed by atoms with Crippen molar-refractivity contribution in [2.24, 2.45) is 24.8 Å². The molecule has 4 bridgehead atoms. The van der Waals surface area contributed by atoms with Crippen molar-refractivity contribution >= 4 is 11.7 Å². The Kier molecular flexibility index (Phi) is 5.04. The fourth-order valence-corrected chi connectivity index (χ4v) is 6.84. The van der Waals surface area contributed by atoms with Crippen LogP contribution in [0, 0.1) is 30.5 Å². The van der Waals surface area contributed by atoms with Crippen LogP contribution in [-0.4, -0.2) is 33.0 Å². The predicted octanol–water partition coefficient (Wildman–Crippen LogP) is 3.94. The lowest BCUT2D eigenvalue weighted by molar-refractivity contribution is -0.137.